The number of nitrogens with zero attached hydrogens (tertiary/aromatic N) is 3. The lowest BCUT2D eigenvalue weighted by Gasteiger charge is -2.18. The van der Waals surface area contributed by atoms with Gasteiger partial charge in [-0.05, 0) is 23.8 Å². The van der Waals surface area contributed by atoms with E-state index in [0.29, 0.717) is 11.0 Å². The number of anilines is 2. The predicted octanol–water partition coefficient (Wildman–Crippen LogP) is 2.34. The zero-order chi connectivity index (χ0) is 14.5. The number of aliphatic hydroxyl groups excluding tert-OH is 1. The quantitative estimate of drug-likeness (QED) is 0.886. The molecule has 2 rings (SSSR count). The van der Waals surface area contributed by atoms with Gasteiger partial charge in [0.25, 0.3) is 0 Å². The molecule has 1 atom stereocenters. The van der Waals surface area contributed by atoms with Crippen LogP contribution in [-0.2, 0) is 0 Å². The van der Waals surface area contributed by atoms with Gasteiger partial charge in [-0.1, -0.05) is 23.7 Å². The number of benzene rings is 1. The highest BCUT2D eigenvalue weighted by molar-refractivity contribution is 6.30. The van der Waals surface area contributed by atoms with Gasteiger partial charge in [0, 0.05) is 25.3 Å². The van der Waals surface area contributed by atoms with Crippen LogP contribution in [-0.4, -0.2) is 35.8 Å². The van der Waals surface area contributed by atoms with Crippen LogP contribution in [0.5, 0.6) is 0 Å². The minimum atomic E-state index is -0.273. The summed E-state index contributed by atoms with van der Waals surface area (Å²) in [7, 11) is 3.82. The molecule has 20 heavy (non-hydrogen) atoms. The number of aliphatic hydroxyl groups is 1. The molecule has 0 aliphatic rings. The zero-order valence-corrected chi connectivity index (χ0v) is 12.2. The average molecular weight is 293 g/mol. The molecule has 0 amide bonds. The molecule has 1 heterocycles. The summed E-state index contributed by atoms with van der Waals surface area (Å²) in [5, 5.41) is 13.3. The lowest BCUT2D eigenvalue weighted by molar-refractivity contribution is 0.276. The molecule has 2 N–H and O–H groups in total. The van der Waals surface area contributed by atoms with E-state index in [1.54, 1.807) is 18.3 Å². The van der Waals surface area contributed by atoms with Crippen LogP contribution in [0.1, 0.15) is 11.6 Å². The standard InChI is InChI=1S/C14H17ClN4O/c1-19(2)13-7-8-16-14(18-13)17-12(9-20)10-3-5-11(15)6-4-10/h3-8,12,20H,9H2,1-2H3,(H,16,17,18). The fourth-order valence-corrected chi connectivity index (χ4v) is 1.88. The van der Waals surface area contributed by atoms with E-state index in [9.17, 15) is 5.11 Å². The molecule has 0 aliphatic carbocycles. The number of rotatable bonds is 5. The maximum atomic E-state index is 9.53. The van der Waals surface area contributed by atoms with E-state index in [2.05, 4.69) is 15.3 Å². The van der Waals surface area contributed by atoms with Gasteiger partial charge < -0.3 is 15.3 Å². The maximum absolute atomic E-state index is 9.53. The number of hydrogen-bond acceptors (Lipinski definition) is 5. The Morgan fingerprint density at radius 3 is 2.55 bits per heavy atom. The van der Waals surface area contributed by atoms with E-state index in [4.69, 9.17) is 11.6 Å². The Labute approximate surface area is 123 Å². The van der Waals surface area contributed by atoms with Gasteiger partial charge in [-0.2, -0.15) is 4.98 Å². The smallest absolute Gasteiger partial charge is 0.225 e. The van der Waals surface area contributed by atoms with Crippen molar-refractivity contribution in [3.05, 3.63) is 47.1 Å². The third-order valence-electron chi connectivity index (χ3n) is 2.86. The van der Waals surface area contributed by atoms with Crippen molar-refractivity contribution in [3.63, 3.8) is 0 Å². The molecule has 0 saturated carbocycles. The summed E-state index contributed by atoms with van der Waals surface area (Å²) in [6, 6.07) is 8.86. The Morgan fingerprint density at radius 1 is 1.25 bits per heavy atom. The second-order valence-electron chi connectivity index (χ2n) is 4.56. The molecule has 0 aliphatic heterocycles. The molecule has 1 aromatic carbocycles. The van der Waals surface area contributed by atoms with Crippen molar-refractivity contribution in [2.75, 3.05) is 30.9 Å². The van der Waals surface area contributed by atoms with Crippen molar-refractivity contribution in [1.29, 1.82) is 0 Å². The van der Waals surface area contributed by atoms with Crippen molar-refractivity contribution in [1.82, 2.24) is 9.97 Å². The summed E-state index contributed by atoms with van der Waals surface area (Å²) in [5.41, 5.74) is 0.927. The van der Waals surface area contributed by atoms with Gasteiger partial charge in [0.1, 0.15) is 5.82 Å². The first-order valence-electron chi connectivity index (χ1n) is 6.23. The van der Waals surface area contributed by atoms with E-state index < -0.39 is 0 Å². The van der Waals surface area contributed by atoms with Crippen LogP contribution < -0.4 is 10.2 Å². The first-order valence-corrected chi connectivity index (χ1v) is 6.61. The van der Waals surface area contributed by atoms with Crippen molar-refractivity contribution >= 4 is 23.4 Å². The number of nitrogens with one attached hydrogen (secondary N) is 1. The van der Waals surface area contributed by atoms with Gasteiger partial charge in [-0.25, -0.2) is 4.98 Å². The lowest BCUT2D eigenvalue weighted by atomic mass is 10.1. The van der Waals surface area contributed by atoms with E-state index in [0.717, 1.165) is 11.4 Å². The Kier molecular flexibility index (Phi) is 4.76. The van der Waals surface area contributed by atoms with Crippen LogP contribution in [0.4, 0.5) is 11.8 Å². The third-order valence-corrected chi connectivity index (χ3v) is 3.11. The molecule has 1 unspecified atom stereocenters. The number of halogens is 1. The second-order valence-corrected chi connectivity index (χ2v) is 5.00. The molecular formula is C14H17ClN4O. The molecule has 1 aromatic heterocycles. The SMILES string of the molecule is CN(C)c1ccnc(NC(CO)c2ccc(Cl)cc2)n1. The lowest BCUT2D eigenvalue weighted by Crippen LogP contribution is -2.18. The normalized spacial score (nSPS) is 12.0. The largest absolute Gasteiger partial charge is 0.394 e. The third kappa shape index (κ3) is 3.59. The molecule has 5 nitrogen and oxygen atoms in total. The molecule has 106 valence electrons. The highest BCUT2D eigenvalue weighted by atomic mass is 35.5. The van der Waals surface area contributed by atoms with Crippen LogP contribution in [0.2, 0.25) is 5.02 Å². The Hall–Kier alpha value is -1.85. The predicted molar refractivity (Wildman–Crippen MR) is 81.3 cm³/mol. The van der Waals surface area contributed by atoms with Crippen molar-refractivity contribution in [2.24, 2.45) is 0 Å². The van der Waals surface area contributed by atoms with Crippen LogP contribution >= 0.6 is 11.6 Å². The minimum Gasteiger partial charge on any atom is -0.394 e. The fraction of sp³-hybridized carbons (Fsp3) is 0.286. The highest BCUT2D eigenvalue weighted by Gasteiger charge is 2.12. The topological polar surface area (TPSA) is 61.3 Å². The van der Waals surface area contributed by atoms with Gasteiger partial charge in [-0.3, -0.25) is 0 Å². The Morgan fingerprint density at radius 2 is 1.95 bits per heavy atom. The van der Waals surface area contributed by atoms with E-state index in [1.807, 2.05) is 37.2 Å². The van der Waals surface area contributed by atoms with Gasteiger partial charge in [-0.15, -0.1) is 0 Å². The average Bonchev–Trinajstić information content (AvgIpc) is 2.46. The van der Waals surface area contributed by atoms with Crippen molar-refractivity contribution in [3.8, 4) is 0 Å². The van der Waals surface area contributed by atoms with Crippen LogP contribution in [0.3, 0.4) is 0 Å². The summed E-state index contributed by atoms with van der Waals surface area (Å²) < 4.78 is 0. The summed E-state index contributed by atoms with van der Waals surface area (Å²) in [5.74, 6) is 1.28. The molecule has 0 radical (unpaired) electrons. The zero-order valence-electron chi connectivity index (χ0n) is 11.4. The van der Waals surface area contributed by atoms with Gasteiger partial charge in [0.2, 0.25) is 5.95 Å². The molecule has 2 aromatic rings. The van der Waals surface area contributed by atoms with Gasteiger partial charge in [0.15, 0.2) is 0 Å². The molecule has 6 heteroatoms. The van der Waals surface area contributed by atoms with E-state index >= 15 is 0 Å². The van der Waals surface area contributed by atoms with Gasteiger partial charge >= 0.3 is 0 Å². The summed E-state index contributed by atoms with van der Waals surface area (Å²) >= 11 is 5.86. The number of aromatic nitrogens is 2. The van der Waals surface area contributed by atoms with Gasteiger partial charge in [0.05, 0.1) is 12.6 Å². The molecular weight excluding hydrogens is 276 g/mol. The van der Waals surface area contributed by atoms with Crippen LogP contribution in [0.25, 0.3) is 0 Å². The van der Waals surface area contributed by atoms with Crippen molar-refractivity contribution < 1.29 is 5.11 Å². The monoisotopic (exact) mass is 292 g/mol. The second kappa shape index (κ2) is 6.54. The Balaban J connectivity index is 2.17. The van der Waals surface area contributed by atoms with Crippen molar-refractivity contribution in [2.45, 2.75) is 6.04 Å². The molecule has 0 fully saturated rings. The van der Waals surface area contributed by atoms with E-state index in [1.165, 1.54) is 0 Å². The highest BCUT2D eigenvalue weighted by Crippen LogP contribution is 2.20. The fourth-order valence-electron chi connectivity index (χ4n) is 1.75. The molecule has 0 spiro atoms. The summed E-state index contributed by atoms with van der Waals surface area (Å²) in [6.45, 7) is -0.0583. The summed E-state index contributed by atoms with van der Waals surface area (Å²) in [6.07, 6.45) is 1.68. The first kappa shape index (κ1) is 14.6. The minimum absolute atomic E-state index is 0.0583. The first-order chi connectivity index (χ1) is 9.60. The summed E-state index contributed by atoms with van der Waals surface area (Å²) in [4.78, 5) is 10.4. The molecule has 0 bridgehead atoms. The molecule has 0 saturated heterocycles. The van der Waals surface area contributed by atoms with Crippen LogP contribution in [0, 0.1) is 0 Å². The Bertz CT molecular complexity index is 559. The maximum Gasteiger partial charge on any atom is 0.225 e. The van der Waals surface area contributed by atoms with E-state index in [-0.39, 0.29) is 12.6 Å². The van der Waals surface area contributed by atoms with Crippen LogP contribution in [0.15, 0.2) is 36.5 Å². The number of hydrogen-bond donors (Lipinski definition) is 2.